The van der Waals surface area contributed by atoms with Crippen LogP contribution in [0.3, 0.4) is 0 Å². The zero-order chi connectivity index (χ0) is 7.78. The molecule has 4 heteroatoms. The molecule has 0 aromatic carbocycles. The Kier molecular flexibility index (Phi) is 1.48. The van der Waals surface area contributed by atoms with Gasteiger partial charge in [0.05, 0.1) is 5.54 Å². The third-order valence-corrected chi connectivity index (χ3v) is 1.64. The molecule has 1 atom stereocenters. The standard InChI is InChI=1S/C6H10N2O2/c1-6(7)3-2-4(9)8-5(6)10/h2-3,7H2,1H3,(H,8,9,10)/t6-/m0/s1. The minimum Gasteiger partial charge on any atom is -0.318 e. The van der Waals surface area contributed by atoms with Gasteiger partial charge in [0.25, 0.3) is 0 Å². The van der Waals surface area contributed by atoms with Crippen LogP contribution in [-0.4, -0.2) is 17.4 Å². The van der Waals surface area contributed by atoms with Gasteiger partial charge in [-0.15, -0.1) is 0 Å². The van der Waals surface area contributed by atoms with E-state index in [0.29, 0.717) is 12.8 Å². The number of nitrogens with one attached hydrogen (secondary N) is 1. The third kappa shape index (κ3) is 1.16. The van der Waals surface area contributed by atoms with E-state index in [-0.39, 0.29) is 11.8 Å². The first-order valence-electron chi connectivity index (χ1n) is 3.15. The van der Waals surface area contributed by atoms with Gasteiger partial charge in [0.15, 0.2) is 0 Å². The quantitative estimate of drug-likeness (QED) is 0.432. The van der Waals surface area contributed by atoms with Gasteiger partial charge in [-0.25, -0.2) is 0 Å². The van der Waals surface area contributed by atoms with Crippen LogP contribution in [0.25, 0.3) is 0 Å². The van der Waals surface area contributed by atoms with Gasteiger partial charge in [0, 0.05) is 6.42 Å². The topological polar surface area (TPSA) is 72.2 Å². The van der Waals surface area contributed by atoms with Crippen LogP contribution >= 0.6 is 0 Å². The lowest BCUT2D eigenvalue weighted by Gasteiger charge is -2.26. The molecule has 56 valence electrons. The number of hydrogen-bond donors (Lipinski definition) is 2. The van der Waals surface area contributed by atoms with Crippen LogP contribution in [-0.2, 0) is 9.59 Å². The van der Waals surface area contributed by atoms with Crippen LogP contribution in [0, 0.1) is 0 Å². The van der Waals surface area contributed by atoms with Crippen LogP contribution in [0.1, 0.15) is 19.8 Å². The van der Waals surface area contributed by atoms with E-state index in [0.717, 1.165) is 0 Å². The van der Waals surface area contributed by atoms with Gasteiger partial charge in [-0.3, -0.25) is 14.9 Å². The SMILES string of the molecule is C[C@]1(N)CCC(=O)NC1=O. The van der Waals surface area contributed by atoms with Gasteiger partial charge in [-0.2, -0.15) is 0 Å². The molecule has 3 N–H and O–H groups in total. The summed E-state index contributed by atoms with van der Waals surface area (Å²) in [4.78, 5) is 21.4. The molecular weight excluding hydrogens is 132 g/mol. The van der Waals surface area contributed by atoms with Gasteiger partial charge in [-0.05, 0) is 13.3 Å². The fourth-order valence-corrected chi connectivity index (χ4v) is 0.819. The highest BCUT2D eigenvalue weighted by molar-refractivity contribution is 6.02. The van der Waals surface area contributed by atoms with E-state index in [1.54, 1.807) is 6.92 Å². The molecule has 1 heterocycles. The van der Waals surface area contributed by atoms with Crippen LogP contribution < -0.4 is 11.1 Å². The molecule has 0 unspecified atom stereocenters. The molecule has 1 aliphatic heterocycles. The van der Waals surface area contributed by atoms with Crippen molar-refractivity contribution in [3.05, 3.63) is 0 Å². The molecule has 1 saturated heterocycles. The molecule has 0 bridgehead atoms. The van der Waals surface area contributed by atoms with E-state index in [9.17, 15) is 9.59 Å². The first-order valence-corrected chi connectivity index (χ1v) is 3.15. The van der Waals surface area contributed by atoms with Crippen molar-refractivity contribution in [3.63, 3.8) is 0 Å². The van der Waals surface area contributed by atoms with Gasteiger partial charge in [-0.1, -0.05) is 0 Å². The van der Waals surface area contributed by atoms with Crippen LogP contribution in [0.15, 0.2) is 0 Å². The maximum absolute atomic E-state index is 10.9. The van der Waals surface area contributed by atoms with E-state index in [1.165, 1.54) is 0 Å². The summed E-state index contributed by atoms with van der Waals surface area (Å²) in [5.74, 6) is -0.600. The Bertz CT molecular complexity index is 186. The molecule has 0 aliphatic carbocycles. The van der Waals surface area contributed by atoms with Gasteiger partial charge >= 0.3 is 0 Å². The number of rotatable bonds is 0. The zero-order valence-corrected chi connectivity index (χ0v) is 5.81. The second-order valence-electron chi connectivity index (χ2n) is 2.79. The monoisotopic (exact) mass is 142 g/mol. The predicted octanol–water partition coefficient (Wildman–Crippen LogP) is -0.860. The molecule has 1 rings (SSSR count). The first kappa shape index (κ1) is 7.21. The van der Waals surface area contributed by atoms with Crippen molar-refractivity contribution in [1.82, 2.24) is 5.32 Å². The maximum atomic E-state index is 10.9. The number of hydrogen-bond acceptors (Lipinski definition) is 3. The van der Waals surface area contributed by atoms with Crippen molar-refractivity contribution in [2.24, 2.45) is 5.73 Å². The van der Waals surface area contributed by atoms with E-state index >= 15 is 0 Å². The molecule has 4 nitrogen and oxygen atoms in total. The Morgan fingerprint density at radius 2 is 2.20 bits per heavy atom. The summed E-state index contributed by atoms with van der Waals surface area (Å²) in [6, 6.07) is 0. The first-order chi connectivity index (χ1) is 4.52. The highest BCUT2D eigenvalue weighted by atomic mass is 16.2. The lowest BCUT2D eigenvalue weighted by molar-refractivity contribution is -0.137. The van der Waals surface area contributed by atoms with Crippen LogP contribution in [0.5, 0.6) is 0 Å². The number of amides is 2. The number of nitrogens with two attached hydrogens (primary N) is 1. The zero-order valence-electron chi connectivity index (χ0n) is 5.81. The maximum Gasteiger partial charge on any atom is 0.246 e. The smallest absolute Gasteiger partial charge is 0.246 e. The summed E-state index contributed by atoms with van der Waals surface area (Å²) in [5.41, 5.74) is 4.67. The molecule has 10 heavy (non-hydrogen) atoms. The average Bonchev–Trinajstić information content (AvgIpc) is 1.81. The Balaban J connectivity index is 2.70. The van der Waals surface area contributed by atoms with Gasteiger partial charge < -0.3 is 5.73 Å². The fourth-order valence-electron chi connectivity index (χ4n) is 0.819. The van der Waals surface area contributed by atoms with E-state index in [2.05, 4.69) is 5.32 Å². The van der Waals surface area contributed by atoms with Crippen molar-refractivity contribution in [3.8, 4) is 0 Å². The number of imide groups is 1. The third-order valence-electron chi connectivity index (χ3n) is 1.64. The Morgan fingerprint density at radius 1 is 1.60 bits per heavy atom. The van der Waals surface area contributed by atoms with Crippen molar-refractivity contribution in [1.29, 1.82) is 0 Å². The van der Waals surface area contributed by atoms with Crippen LogP contribution in [0.4, 0.5) is 0 Å². The molecule has 0 aromatic heterocycles. The van der Waals surface area contributed by atoms with Crippen molar-refractivity contribution >= 4 is 11.8 Å². The average molecular weight is 142 g/mol. The molecule has 0 spiro atoms. The lowest BCUT2D eigenvalue weighted by atomic mass is 9.93. The van der Waals surface area contributed by atoms with Crippen molar-refractivity contribution in [2.75, 3.05) is 0 Å². The lowest BCUT2D eigenvalue weighted by Crippen LogP contribution is -2.57. The van der Waals surface area contributed by atoms with Gasteiger partial charge in [0.1, 0.15) is 0 Å². The summed E-state index contributed by atoms with van der Waals surface area (Å²) in [5, 5.41) is 2.17. The summed E-state index contributed by atoms with van der Waals surface area (Å²) in [7, 11) is 0. The van der Waals surface area contributed by atoms with Crippen molar-refractivity contribution < 1.29 is 9.59 Å². The highest BCUT2D eigenvalue weighted by Gasteiger charge is 2.34. The highest BCUT2D eigenvalue weighted by Crippen LogP contribution is 2.12. The Morgan fingerprint density at radius 3 is 2.60 bits per heavy atom. The van der Waals surface area contributed by atoms with Crippen LogP contribution in [0.2, 0.25) is 0 Å². The second kappa shape index (κ2) is 2.05. The van der Waals surface area contributed by atoms with E-state index in [1.807, 2.05) is 0 Å². The fraction of sp³-hybridized carbons (Fsp3) is 0.667. The predicted molar refractivity (Wildman–Crippen MR) is 35.0 cm³/mol. The molecule has 0 radical (unpaired) electrons. The largest absolute Gasteiger partial charge is 0.318 e. The Labute approximate surface area is 58.8 Å². The number of carbonyl (C=O) groups excluding carboxylic acids is 2. The molecular formula is C6H10N2O2. The Hall–Kier alpha value is -0.900. The normalized spacial score (nSPS) is 33.8. The summed E-state index contributed by atoms with van der Waals surface area (Å²) >= 11 is 0. The molecule has 0 aromatic rings. The van der Waals surface area contributed by atoms with Crippen molar-refractivity contribution in [2.45, 2.75) is 25.3 Å². The minimum absolute atomic E-state index is 0.229. The second-order valence-corrected chi connectivity index (χ2v) is 2.79. The summed E-state index contributed by atoms with van der Waals surface area (Å²) < 4.78 is 0. The molecule has 0 saturated carbocycles. The van der Waals surface area contributed by atoms with E-state index < -0.39 is 5.54 Å². The molecule has 1 fully saturated rings. The van der Waals surface area contributed by atoms with E-state index in [4.69, 9.17) is 5.73 Å². The summed E-state index contributed by atoms with van der Waals surface area (Å²) in [6.45, 7) is 1.62. The van der Waals surface area contributed by atoms with Gasteiger partial charge in [0.2, 0.25) is 11.8 Å². The number of piperidine rings is 1. The molecule has 2 amide bonds. The molecule has 1 aliphatic rings. The summed E-state index contributed by atoms with van der Waals surface area (Å²) in [6.07, 6.45) is 0.788. The number of carbonyl (C=O) groups is 2. The minimum atomic E-state index is -0.853.